The molecule has 8 nitrogen and oxygen atoms in total. The molecule has 0 spiro atoms. The molecular weight excluding hydrogens is 394 g/mol. The van der Waals surface area contributed by atoms with Gasteiger partial charge in [0.15, 0.2) is 17.5 Å². The first-order chi connectivity index (χ1) is 15.1. The number of rotatable bonds is 7. The summed E-state index contributed by atoms with van der Waals surface area (Å²) in [6.45, 7) is 8.16. The molecule has 0 aliphatic carbocycles. The van der Waals surface area contributed by atoms with E-state index < -0.39 is 0 Å². The van der Waals surface area contributed by atoms with Crippen molar-refractivity contribution in [3.05, 3.63) is 17.7 Å². The average Bonchev–Trinajstić information content (AvgIpc) is 2.79. The Hall–Kier alpha value is -2.19. The second-order valence-corrected chi connectivity index (χ2v) is 8.50. The van der Waals surface area contributed by atoms with Crippen LogP contribution in [0.1, 0.15) is 18.4 Å². The molecule has 0 radical (unpaired) electrons. The van der Waals surface area contributed by atoms with E-state index >= 15 is 0 Å². The van der Waals surface area contributed by atoms with Crippen molar-refractivity contribution in [2.45, 2.75) is 19.4 Å². The lowest BCUT2D eigenvalue weighted by Crippen LogP contribution is -2.53. The fraction of sp³-hybridized carbons (Fsp3) is 0.696. The van der Waals surface area contributed by atoms with Crippen LogP contribution in [0.25, 0.3) is 0 Å². The molecule has 2 saturated heterocycles. The van der Waals surface area contributed by atoms with Crippen LogP contribution in [-0.4, -0.2) is 102 Å². The summed E-state index contributed by atoms with van der Waals surface area (Å²) in [5, 5.41) is 3.62. The number of methoxy groups -OCH3 is 3. The first kappa shape index (κ1) is 23.5. The Morgan fingerprint density at radius 1 is 1.03 bits per heavy atom. The van der Waals surface area contributed by atoms with Gasteiger partial charge in [-0.15, -0.1) is 0 Å². The van der Waals surface area contributed by atoms with Gasteiger partial charge >= 0.3 is 0 Å². The molecule has 1 aromatic carbocycles. The molecular formula is C23H39N5O3. The van der Waals surface area contributed by atoms with Gasteiger partial charge in [0.2, 0.25) is 5.75 Å². The normalized spacial score (nSPS) is 21.1. The summed E-state index contributed by atoms with van der Waals surface area (Å²) in [6.07, 6.45) is 2.60. The quantitative estimate of drug-likeness (QED) is 0.519. The fourth-order valence-electron chi connectivity index (χ4n) is 4.61. The van der Waals surface area contributed by atoms with E-state index in [4.69, 9.17) is 14.2 Å². The molecule has 1 unspecified atom stereocenters. The highest BCUT2D eigenvalue weighted by Crippen LogP contribution is 2.38. The van der Waals surface area contributed by atoms with E-state index in [1.165, 1.54) is 25.9 Å². The first-order valence-corrected chi connectivity index (χ1v) is 11.2. The number of ether oxygens (including phenoxy) is 3. The van der Waals surface area contributed by atoms with Crippen LogP contribution < -0.4 is 19.5 Å². The third-order valence-electron chi connectivity index (χ3n) is 6.29. The Labute approximate surface area is 187 Å². The van der Waals surface area contributed by atoms with Gasteiger partial charge in [0, 0.05) is 52.9 Å². The van der Waals surface area contributed by atoms with Gasteiger partial charge in [-0.05, 0) is 50.0 Å². The van der Waals surface area contributed by atoms with Crippen LogP contribution >= 0.6 is 0 Å². The van der Waals surface area contributed by atoms with Gasteiger partial charge < -0.3 is 29.3 Å². The van der Waals surface area contributed by atoms with E-state index in [0.717, 1.165) is 50.8 Å². The van der Waals surface area contributed by atoms with E-state index in [2.05, 4.69) is 32.1 Å². The predicted molar refractivity (Wildman–Crippen MR) is 125 cm³/mol. The lowest BCUT2D eigenvalue weighted by atomic mass is 9.98. The highest BCUT2D eigenvalue weighted by atomic mass is 16.5. The number of benzene rings is 1. The number of hydrogen-bond acceptors (Lipinski definition) is 6. The van der Waals surface area contributed by atoms with Gasteiger partial charge in [-0.3, -0.25) is 9.89 Å². The van der Waals surface area contributed by atoms with Gasteiger partial charge in [-0.1, -0.05) is 0 Å². The minimum absolute atomic E-state index is 0.637. The minimum Gasteiger partial charge on any atom is -0.493 e. The molecule has 1 N–H and O–H groups in total. The van der Waals surface area contributed by atoms with Crippen molar-refractivity contribution in [3.8, 4) is 17.2 Å². The second-order valence-electron chi connectivity index (χ2n) is 8.50. The monoisotopic (exact) mass is 433 g/mol. The van der Waals surface area contributed by atoms with E-state index in [0.29, 0.717) is 23.2 Å². The summed E-state index contributed by atoms with van der Waals surface area (Å²) in [5.41, 5.74) is 1.16. The van der Waals surface area contributed by atoms with E-state index in [9.17, 15) is 0 Å². The Bertz CT molecular complexity index is 709. The number of piperidine rings is 1. The lowest BCUT2D eigenvalue weighted by Gasteiger charge is -2.37. The maximum Gasteiger partial charge on any atom is 0.203 e. The van der Waals surface area contributed by atoms with E-state index in [1.54, 1.807) is 21.3 Å². The zero-order valence-corrected chi connectivity index (χ0v) is 19.8. The minimum atomic E-state index is 0.637. The fourth-order valence-corrected chi connectivity index (χ4v) is 4.61. The Balaban J connectivity index is 1.52. The number of nitrogens with one attached hydrogen (secondary N) is 1. The van der Waals surface area contributed by atoms with Crippen LogP contribution in [0.15, 0.2) is 17.1 Å². The Morgan fingerprint density at radius 2 is 1.71 bits per heavy atom. The molecule has 174 valence electrons. The highest BCUT2D eigenvalue weighted by Gasteiger charge is 2.23. The molecule has 3 rings (SSSR count). The summed E-state index contributed by atoms with van der Waals surface area (Å²) in [4.78, 5) is 11.8. The largest absolute Gasteiger partial charge is 0.493 e. The SMILES string of the molecule is CN=C(NCC1CCCN(C)C1)N1CCN(Cc2cc(OC)c(OC)c(OC)c2)CC1. The number of nitrogens with zero attached hydrogens (tertiary/aromatic N) is 4. The van der Waals surface area contributed by atoms with E-state index in [-0.39, 0.29) is 0 Å². The van der Waals surface area contributed by atoms with Crippen molar-refractivity contribution in [3.63, 3.8) is 0 Å². The van der Waals surface area contributed by atoms with Gasteiger partial charge in [0.05, 0.1) is 21.3 Å². The van der Waals surface area contributed by atoms with Gasteiger partial charge in [0.1, 0.15) is 0 Å². The van der Waals surface area contributed by atoms with Crippen molar-refractivity contribution in [2.24, 2.45) is 10.9 Å². The number of piperazine rings is 1. The molecule has 2 aliphatic heterocycles. The maximum atomic E-state index is 5.50. The zero-order valence-electron chi connectivity index (χ0n) is 19.8. The van der Waals surface area contributed by atoms with Crippen LogP contribution in [0.2, 0.25) is 0 Å². The summed E-state index contributed by atoms with van der Waals surface area (Å²) in [6, 6.07) is 4.07. The van der Waals surface area contributed by atoms with Crippen molar-refractivity contribution in [2.75, 3.05) is 81.2 Å². The standard InChI is InChI=1S/C23H39N5O3/c1-24-23(25-15-18-7-6-8-26(2)16-18)28-11-9-27(10-12-28)17-19-13-20(29-3)22(31-5)21(14-19)30-4/h13-14,18H,6-12,15-17H2,1-5H3,(H,24,25). The molecule has 0 amide bonds. The maximum absolute atomic E-state index is 5.50. The first-order valence-electron chi connectivity index (χ1n) is 11.2. The van der Waals surface area contributed by atoms with Gasteiger partial charge in [0.25, 0.3) is 0 Å². The van der Waals surface area contributed by atoms with Crippen molar-refractivity contribution in [1.82, 2.24) is 20.0 Å². The third kappa shape index (κ3) is 6.17. The molecule has 31 heavy (non-hydrogen) atoms. The number of guanidine groups is 1. The van der Waals surface area contributed by atoms with Crippen LogP contribution in [0.5, 0.6) is 17.2 Å². The Kier molecular flexibility index (Phi) is 8.66. The predicted octanol–water partition coefficient (Wildman–Crippen LogP) is 1.75. The van der Waals surface area contributed by atoms with Crippen LogP contribution in [0, 0.1) is 5.92 Å². The zero-order chi connectivity index (χ0) is 22.2. The van der Waals surface area contributed by atoms with Gasteiger partial charge in [-0.25, -0.2) is 0 Å². The molecule has 2 heterocycles. The molecule has 0 bridgehead atoms. The topological polar surface area (TPSA) is 61.8 Å². The van der Waals surface area contributed by atoms with Gasteiger partial charge in [-0.2, -0.15) is 0 Å². The highest BCUT2D eigenvalue weighted by molar-refractivity contribution is 5.80. The molecule has 2 fully saturated rings. The second kappa shape index (κ2) is 11.4. The summed E-state index contributed by atoms with van der Waals surface area (Å²) < 4.78 is 16.4. The summed E-state index contributed by atoms with van der Waals surface area (Å²) >= 11 is 0. The van der Waals surface area contributed by atoms with Crippen LogP contribution in [-0.2, 0) is 6.54 Å². The number of likely N-dealkylation sites (tertiary alicyclic amines) is 1. The van der Waals surface area contributed by atoms with Crippen LogP contribution in [0.4, 0.5) is 0 Å². The van der Waals surface area contributed by atoms with Crippen molar-refractivity contribution in [1.29, 1.82) is 0 Å². The lowest BCUT2D eigenvalue weighted by molar-refractivity contribution is 0.170. The summed E-state index contributed by atoms with van der Waals surface area (Å²) in [7, 11) is 9.05. The molecule has 0 aromatic heterocycles. The molecule has 2 aliphatic rings. The van der Waals surface area contributed by atoms with Crippen LogP contribution in [0.3, 0.4) is 0 Å². The third-order valence-corrected chi connectivity index (χ3v) is 6.29. The summed E-state index contributed by atoms with van der Waals surface area (Å²) in [5.74, 6) is 3.77. The smallest absolute Gasteiger partial charge is 0.203 e. The average molecular weight is 434 g/mol. The molecule has 1 atom stereocenters. The Morgan fingerprint density at radius 3 is 2.26 bits per heavy atom. The number of hydrogen-bond donors (Lipinski definition) is 1. The van der Waals surface area contributed by atoms with Crippen molar-refractivity contribution >= 4 is 5.96 Å². The molecule has 8 heteroatoms. The number of aliphatic imine (C=N–C) groups is 1. The molecule has 1 aromatic rings. The van der Waals surface area contributed by atoms with E-state index in [1.807, 2.05) is 19.2 Å². The van der Waals surface area contributed by atoms with Crippen molar-refractivity contribution < 1.29 is 14.2 Å². The molecule has 0 saturated carbocycles.